The van der Waals surface area contributed by atoms with Gasteiger partial charge in [-0.2, -0.15) is 0 Å². The van der Waals surface area contributed by atoms with Gasteiger partial charge in [-0.25, -0.2) is 0 Å². The fourth-order valence-corrected chi connectivity index (χ4v) is 1.75. The van der Waals surface area contributed by atoms with Crippen molar-refractivity contribution in [1.29, 1.82) is 0 Å². The Bertz CT molecular complexity index is 312. The molecule has 1 aromatic rings. The van der Waals surface area contributed by atoms with Gasteiger partial charge in [0.1, 0.15) is 13.1 Å². The monoisotopic (exact) mass is 277 g/mol. The van der Waals surface area contributed by atoms with Crippen molar-refractivity contribution in [3.05, 3.63) is 34.9 Å². The smallest absolute Gasteiger partial charge is 0.104 e. The molecule has 1 rings (SSSR count). The van der Waals surface area contributed by atoms with E-state index >= 15 is 0 Å². The quantitative estimate of drug-likeness (QED) is 0.524. The number of quaternary nitrogens is 1. The molecule has 0 aromatic heterocycles. The largest absolute Gasteiger partial charge is 1.00 e. The van der Waals surface area contributed by atoms with E-state index in [1.807, 2.05) is 19.1 Å². The average molecular weight is 278 g/mol. The van der Waals surface area contributed by atoms with Gasteiger partial charge in [-0.05, 0) is 19.1 Å². The van der Waals surface area contributed by atoms with Crippen LogP contribution in [0.5, 0.6) is 0 Å². The van der Waals surface area contributed by atoms with E-state index in [4.69, 9.17) is 16.3 Å². The first-order valence-electron chi connectivity index (χ1n) is 5.68. The maximum atomic E-state index is 5.86. The highest BCUT2D eigenvalue weighted by Gasteiger charge is 2.15. The zero-order chi connectivity index (χ0) is 12.0. The first-order chi connectivity index (χ1) is 7.53. The van der Waals surface area contributed by atoms with Crippen LogP contribution in [0.3, 0.4) is 0 Å². The van der Waals surface area contributed by atoms with Crippen LogP contribution in [-0.2, 0) is 11.3 Å². The van der Waals surface area contributed by atoms with Crippen molar-refractivity contribution in [3.8, 4) is 0 Å². The molecule has 2 nitrogen and oxygen atoms in total. The van der Waals surface area contributed by atoms with Gasteiger partial charge in [-0.3, -0.25) is 0 Å². The predicted molar refractivity (Wildman–Crippen MR) is 68.6 cm³/mol. The van der Waals surface area contributed by atoms with Crippen molar-refractivity contribution in [2.45, 2.75) is 13.5 Å². The summed E-state index contributed by atoms with van der Waals surface area (Å²) in [7, 11) is 4.43. The lowest BCUT2D eigenvalue weighted by Crippen LogP contribution is -3.00. The van der Waals surface area contributed by atoms with Gasteiger partial charge in [-0.1, -0.05) is 23.7 Å². The van der Waals surface area contributed by atoms with Crippen LogP contribution in [0, 0.1) is 0 Å². The maximum Gasteiger partial charge on any atom is 0.104 e. The molecule has 0 saturated heterocycles. The molecule has 0 aliphatic rings. The van der Waals surface area contributed by atoms with Crippen LogP contribution in [0.1, 0.15) is 12.5 Å². The second-order valence-electron chi connectivity index (χ2n) is 4.64. The molecule has 0 radical (unpaired) electrons. The highest BCUT2D eigenvalue weighted by atomic mass is 35.5. The van der Waals surface area contributed by atoms with Gasteiger partial charge in [0.15, 0.2) is 0 Å². The topological polar surface area (TPSA) is 9.23 Å². The molecule has 0 aliphatic carbocycles. The minimum atomic E-state index is 0. The Hall–Kier alpha value is -0.280. The zero-order valence-electron chi connectivity index (χ0n) is 10.7. The Balaban J connectivity index is 0.00000256. The molecule has 1 aromatic carbocycles. The summed E-state index contributed by atoms with van der Waals surface area (Å²) in [5, 5.41) is 0.795. The summed E-state index contributed by atoms with van der Waals surface area (Å²) in [6, 6.07) is 8.06. The van der Waals surface area contributed by atoms with Crippen molar-refractivity contribution < 1.29 is 21.6 Å². The van der Waals surface area contributed by atoms with E-state index in [0.717, 1.165) is 35.8 Å². The average Bonchev–Trinajstić information content (AvgIpc) is 2.21. The lowest BCUT2D eigenvalue weighted by molar-refractivity contribution is -0.904. The normalized spacial score (nSPS) is 11.1. The van der Waals surface area contributed by atoms with E-state index in [0.29, 0.717) is 0 Å². The van der Waals surface area contributed by atoms with Crippen LogP contribution in [0.4, 0.5) is 0 Å². The highest BCUT2D eigenvalue weighted by Crippen LogP contribution is 2.13. The molecule has 0 N–H and O–H groups in total. The van der Waals surface area contributed by atoms with Crippen LogP contribution in [0.25, 0.3) is 0 Å². The standard InChI is InChI=1S/C13H21ClNO.ClH/c1-4-16-10-9-15(2,3)11-12-5-7-13(14)8-6-12;/h5-8H,4,9-11H2,1-3H3;1H/q+1;/p-1. The fourth-order valence-electron chi connectivity index (χ4n) is 1.62. The summed E-state index contributed by atoms with van der Waals surface area (Å²) in [4.78, 5) is 0. The van der Waals surface area contributed by atoms with Crippen LogP contribution >= 0.6 is 11.6 Å². The highest BCUT2D eigenvalue weighted by molar-refractivity contribution is 6.30. The van der Waals surface area contributed by atoms with Crippen LogP contribution in [-0.4, -0.2) is 38.3 Å². The fraction of sp³-hybridized carbons (Fsp3) is 0.538. The van der Waals surface area contributed by atoms with Gasteiger partial charge in [0.2, 0.25) is 0 Å². The first-order valence-corrected chi connectivity index (χ1v) is 6.05. The molecule has 98 valence electrons. The lowest BCUT2D eigenvalue weighted by atomic mass is 10.2. The third-order valence-electron chi connectivity index (χ3n) is 2.57. The second-order valence-corrected chi connectivity index (χ2v) is 5.08. The summed E-state index contributed by atoms with van der Waals surface area (Å²) in [5.74, 6) is 0. The Morgan fingerprint density at radius 2 is 1.76 bits per heavy atom. The summed E-state index contributed by atoms with van der Waals surface area (Å²) >= 11 is 5.86. The Morgan fingerprint density at radius 1 is 1.18 bits per heavy atom. The third-order valence-corrected chi connectivity index (χ3v) is 2.82. The summed E-state index contributed by atoms with van der Waals surface area (Å²) in [6.07, 6.45) is 0. The van der Waals surface area contributed by atoms with E-state index in [1.54, 1.807) is 0 Å². The Labute approximate surface area is 116 Å². The van der Waals surface area contributed by atoms with Crippen LogP contribution in [0.15, 0.2) is 24.3 Å². The molecule has 0 amide bonds. The molecular formula is C13H21Cl2NO. The number of halogens is 2. The molecule has 4 heteroatoms. The molecule has 0 aliphatic heterocycles. The van der Waals surface area contributed by atoms with E-state index in [1.165, 1.54) is 5.56 Å². The summed E-state index contributed by atoms with van der Waals surface area (Å²) in [5.41, 5.74) is 1.31. The Morgan fingerprint density at radius 3 is 2.29 bits per heavy atom. The number of likely N-dealkylation sites (N-methyl/N-ethyl adjacent to an activating group) is 1. The van der Waals surface area contributed by atoms with Gasteiger partial charge in [0, 0.05) is 17.2 Å². The zero-order valence-corrected chi connectivity index (χ0v) is 12.3. The molecule has 17 heavy (non-hydrogen) atoms. The van der Waals surface area contributed by atoms with Crippen molar-refractivity contribution in [1.82, 2.24) is 0 Å². The van der Waals surface area contributed by atoms with Gasteiger partial charge < -0.3 is 21.6 Å². The minimum absolute atomic E-state index is 0. The van der Waals surface area contributed by atoms with E-state index in [-0.39, 0.29) is 12.4 Å². The van der Waals surface area contributed by atoms with Crippen molar-refractivity contribution >= 4 is 11.6 Å². The van der Waals surface area contributed by atoms with E-state index in [2.05, 4.69) is 26.2 Å². The second kappa shape index (κ2) is 7.93. The van der Waals surface area contributed by atoms with Crippen molar-refractivity contribution in [2.75, 3.05) is 33.9 Å². The van der Waals surface area contributed by atoms with Gasteiger partial charge in [0.25, 0.3) is 0 Å². The molecular weight excluding hydrogens is 257 g/mol. The number of nitrogens with zero attached hydrogens (tertiary/aromatic N) is 1. The van der Waals surface area contributed by atoms with Gasteiger partial charge in [0.05, 0.1) is 20.7 Å². The molecule has 0 fully saturated rings. The minimum Gasteiger partial charge on any atom is -1.00 e. The SMILES string of the molecule is CCOCC[N+](C)(C)Cc1ccc(Cl)cc1.[Cl-]. The first kappa shape index (κ1) is 16.7. The van der Waals surface area contributed by atoms with Gasteiger partial charge in [-0.15, -0.1) is 0 Å². The van der Waals surface area contributed by atoms with Crippen molar-refractivity contribution in [2.24, 2.45) is 0 Å². The molecule has 0 heterocycles. The van der Waals surface area contributed by atoms with E-state index in [9.17, 15) is 0 Å². The summed E-state index contributed by atoms with van der Waals surface area (Å²) in [6.45, 7) is 5.66. The number of hydrogen-bond donors (Lipinski definition) is 0. The van der Waals surface area contributed by atoms with E-state index < -0.39 is 0 Å². The number of benzene rings is 1. The van der Waals surface area contributed by atoms with Crippen LogP contribution < -0.4 is 12.4 Å². The molecule has 0 spiro atoms. The number of hydrogen-bond acceptors (Lipinski definition) is 1. The summed E-state index contributed by atoms with van der Waals surface area (Å²) < 4.78 is 6.32. The van der Waals surface area contributed by atoms with Gasteiger partial charge >= 0.3 is 0 Å². The van der Waals surface area contributed by atoms with Crippen LogP contribution in [0.2, 0.25) is 5.02 Å². The number of rotatable bonds is 6. The van der Waals surface area contributed by atoms with Crippen molar-refractivity contribution in [3.63, 3.8) is 0 Å². The maximum absolute atomic E-state index is 5.86. The molecule has 0 atom stereocenters. The lowest BCUT2D eigenvalue weighted by Gasteiger charge is -2.29. The molecule has 0 unspecified atom stereocenters. The molecule has 0 saturated carbocycles. The third kappa shape index (κ3) is 6.89. The number of ether oxygens (including phenoxy) is 1. The predicted octanol–water partition coefficient (Wildman–Crippen LogP) is -0.0431. The Kier molecular flexibility index (Phi) is 7.80. The molecule has 0 bridgehead atoms.